The number of carbonyl (C=O) groups excluding carboxylic acids is 2. The van der Waals surface area contributed by atoms with Gasteiger partial charge in [-0.05, 0) is 13.0 Å². The molecule has 0 aliphatic carbocycles. The summed E-state index contributed by atoms with van der Waals surface area (Å²) in [5.74, 6) is -1.70. The maximum Gasteiger partial charge on any atom is 0.266 e. The predicted molar refractivity (Wildman–Crippen MR) is 74.6 cm³/mol. The van der Waals surface area contributed by atoms with E-state index in [-0.39, 0.29) is 13.0 Å². The molecule has 1 atom stereocenters. The predicted octanol–water partition coefficient (Wildman–Crippen LogP) is -0.986. The summed E-state index contributed by atoms with van der Waals surface area (Å²) in [7, 11) is -4.12. The van der Waals surface area contributed by atoms with Crippen molar-refractivity contribution in [3.63, 3.8) is 0 Å². The van der Waals surface area contributed by atoms with E-state index in [2.05, 4.69) is 10.6 Å². The second-order valence-corrected chi connectivity index (χ2v) is 6.03. The first-order valence-electron chi connectivity index (χ1n) is 6.50. The molecule has 0 aliphatic rings. The van der Waals surface area contributed by atoms with Crippen molar-refractivity contribution in [2.75, 3.05) is 18.8 Å². The van der Waals surface area contributed by atoms with Gasteiger partial charge in [0.15, 0.2) is 0 Å². The van der Waals surface area contributed by atoms with Gasteiger partial charge in [-0.2, -0.15) is 8.42 Å². The van der Waals surface area contributed by atoms with Gasteiger partial charge >= 0.3 is 0 Å². The molecule has 2 amide bonds. The van der Waals surface area contributed by atoms with E-state index < -0.39 is 33.7 Å². The van der Waals surface area contributed by atoms with Crippen molar-refractivity contribution in [2.24, 2.45) is 5.73 Å². The summed E-state index contributed by atoms with van der Waals surface area (Å²) in [6, 6.07) is -0.786. The molecule has 8 nitrogen and oxygen atoms in total. The van der Waals surface area contributed by atoms with Crippen LogP contribution in [-0.4, -0.2) is 49.7 Å². The smallest absolute Gasteiger partial charge is 0.266 e. The van der Waals surface area contributed by atoms with Crippen LogP contribution in [0.2, 0.25) is 0 Å². The fourth-order valence-electron chi connectivity index (χ4n) is 1.54. The van der Waals surface area contributed by atoms with Crippen molar-refractivity contribution < 1.29 is 22.6 Å². The molecule has 0 heterocycles. The van der Waals surface area contributed by atoms with Crippen LogP contribution in [0.1, 0.15) is 32.6 Å². The summed E-state index contributed by atoms with van der Waals surface area (Å²) in [6.45, 7) is 2.39. The maximum absolute atomic E-state index is 11.8. The minimum atomic E-state index is -4.12. The highest BCUT2D eigenvalue weighted by atomic mass is 32.2. The van der Waals surface area contributed by atoms with Gasteiger partial charge in [-0.3, -0.25) is 14.1 Å². The van der Waals surface area contributed by atoms with Crippen molar-refractivity contribution in [3.05, 3.63) is 0 Å². The van der Waals surface area contributed by atoms with Crippen molar-refractivity contribution in [2.45, 2.75) is 38.6 Å². The Hall–Kier alpha value is -1.19. The fourth-order valence-corrected chi connectivity index (χ4v) is 1.90. The minimum absolute atomic E-state index is 0.163. The van der Waals surface area contributed by atoms with Crippen LogP contribution in [0.3, 0.4) is 0 Å². The quantitative estimate of drug-likeness (QED) is 0.286. The SMILES string of the molecule is CCCCCN[C@@H](CC(N)=O)C(=O)NCCS(=O)(=O)O. The van der Waals surface area contributed by atoms with Crippen LogP contribution in [0.15, 0.2) is 0 Å². The molecule has 0 fully saturated rings. The maximum atomic E-state index is 11.8. The average Bonchev–Trinajstić information content (AvgIpc) is 2.30. The minimum Gasteiger partial charge on any atom is -0.370 e. The standard InChI is InChI=1S/C11H23N3O5S/c1-2-3-4-5-13-9(8-10(12)15)11(16)14-6-7-20(17,18)19/h9,13H,2-8H2,1H3,(H2,12,15)(H,14,16)(H,17,18,19)/t9-/m0/s1. The van der Waals surface area contributed by atoms with Gasteiger partial charge in [0.2, 0.25) is 11.8 Å². The number of rotatable bonds is 11. The summed E-state index contributed by atoms with van der Waals surface area (Å²) < 4.78 is 29.6. The van der Waals surface area contributed by atoms with E-state index in [1.54, 1.807) is 0 Å². The third kappa shape index (κ3) is 10.7. The topological polar surface area (TPSA) is 139 Å². The van der Waals surface area contributed by atoms with Gasteiger partial charge in [0.1, 0.15) is 0 Å². The Morgan fingerprint density at radius 3 is 2.40 bits per heavy atom. The van der Waals surface area contributed by atoms with Crippen LogP contribution < -0.4 is 16.4 Å². The molecule has 0 unspecified atom stereocenters. The van der Waals surface area contributed by atoms with Crippen LogP contribution in [-0.2, 0) is 19.7 Å². The van der Waals surface area contributed by atoms with E-state index in [0.29, 0.717) is 6.54 Å². The van der Waals surface area contributed by atoms with Crippen molar-refractivity contribution in [3.8, 4) is 0 Å². The summed E-state index contributed by atoms with van der Waals surface area (Å²) in [4.78, 5) is 22.7. The normalized spacial score (nSPS) is 12.9. The molecule has 0 aromatic rings. The summed E-state index contributed by atoms with van der Waals surface area (Å²) in [6.07, 6.45) is 2.73. The Kier molecular flexibility index (Phi) is 9.10. The molecule has 9 heteroatoms. The lowest BCUT2D eigenvalue weighted by atomic mass is 10.1. The molecule has 0 aliphatic heterocycles. The Balaban J connectivity index is 4.23. The van der Waals surface area contributed by atoms with Crippen LogP contribution >= 0.6 is 0 Å². The number of unbranched alkanes of at least 4 members (excludes halogenated alkanes) is 2. The van der Waals surface area contributed by atoms with Crippen LogP contribution in [0.4, 0.5) is 0 Å². The largest absolute Gasteiger partial charge is 0.370 e. The van der Waals surface area contributed by atoms with Gasteiger partial charge in [-0.1, -0.05) is 19.8 Å². The Labute approximate surface area is 119 Å². The van der Waals surface area contributed by atoms with E-state index in [0.717, 1.165) is 19.3 Å². The Bertz CT molecular complexity index is 410. The number of carbonyl (C=O) groups is 2. The zero-order chi connectivity index (χ0) is 15.6. The summed E-state index contributed by atoms with van der Waals surface area (Å²) in [5.41, 5.74) is 5.06. The molecule has 118 valence electrons. The Morgan fingerprint density at radius 2 is 1.90 bits per heavy atom. The number of amides is 2. The number of primary amides is 1. The molecule has 0 aromatic heterocycles. The third-order valence-corrected chi connectivity index (χ3v) is 3.27. The first kappa shape index (κ1) is 18.8. The highest BCUT2D eigenvalue weighted by Crippen LogP contribution is 1.96. The monoisotopic (exact) mass is 309 g/mol. The second kappa shape index (κ2) is 9.67. The first-order valence-corrected chi connectivity index (χ1v) is 8.11. The molecule has 20 heavy (non-hydrogen) atoms. The van der Waals surface area contributed by atoms with Crippen LogP contribution in [0.5, 0.6) is 0 Å². The van der Waals surface area contributed by atoms with E-state index in [1.165, 1.54) is 0 Å². The number of hydrogen-bond donors (Lipinski definition) is 4. The van der Waals surface area contributed by atoms with E-state index in [1.807, 2.05) is 6.92 Å². The lowest BCUT2D eigenvalue weighted by Gasteiger charge is -2.16. The highest BCUT2D eigenvalue weighted by Gasteiger charge is 2.20. The molecule has 0 bridgehead atoms. The second-order valence-electron chi connectivity index (χ2n) is 4.46. The van der Waals surface area contributed by atoms with Gasteiger partial charge < -0.3 is 16.4 Å². The molecule has 0 spiro atoms. The molecule has 0 saturated heterocycles. The van der Waals surface area contributed by atoms with Crippen LogP contribution in [0.25, 0.3) is 0 Å². The van der Waals surface area contributed by atoms with Crippen molar-refractivity contribution in [1.29, 1.82) is 0 Å². The number of nitrogens with two attached hydrogens (primary N) is 1. The number of hydrogen-bond acceptors (Lipinski definition) is 5. The molecule has 5 N–H and O–H groups in total. The van der Waals surface area contributed by atoms with E-state index in [4.69, 9.17) is 10.3 Å². The first-order chi connectivity index (χ1) is 9.26. The molecule has 0 aromatic carbocycles. The van der Waals surface area contributed by atoms with E-state index in [9.17, 15) is 18.0 Å². The zero-order valence-electron chi connectivity index (χ0n) is 11.6. The molecule has 0 rings (SSSR count). The summed E-state index contributed by atoms with van der Waals surface area (Å²) in [5, 5.41) is 5.25. The molecule has 0 radical (unpaired) electrons. The Morgan fingerprint density at radius 1 is 1.25 bits per heavy atom. The molecular weight excluding hydrogens is 286 g/mol. The molecule has 0 saturated carbocycles. The lowest BCUT2D eigenvalue weighted by Crippen LogP contribution is -2.47. The van der Waals surface area contributed by atoms with Gasteiger partial charge in [0, 0.05) is 6.54 Å². The fraction of sp³-hybridized carbons (Fsp3) is 0.818. The van der Waals surface area contributed by atoms with Gasteiger partial charge in [-0.25, -0.2) is 0 Å². The lowest BCUT2D eigenvalue weighted by molar-refractivity contribution is -0.127. The van der Waals surface area contributed by atoms with Gasteiger partial charge in [0.05, 0.1) is 18.2 Å². The van der Waals surface area contributed by atoms with Gasteiger partial charge in [0.25, 0.3) is 10.1 Å². The average molecular weight is 309 g/mol. The van der Waals surface area contributed by atoms with Crippen LogP contribution in [0, 0.1) is 0 Å². The zero-order valence-corrected chi connectivity index (χ0v) is 12.4. The third-order valence-electron chi connectivity index (χ3n) is 2.55. The molecular formula is C11H23N3O5S. The van der Waals surface area contributed by atoms with Crippen molar-refractivity contribution in [1.82, 2.24) is 10.6 Å². The van der Waals surface area contributed by atoms with Gasteiger partial charge in [-0.15, -0.1) is 0 Å². The number of nitrogens with one attached hydrogen (secondary N) is 2. The summed E-state index contributed by atoms with van der Waals surface area (Å²) >= 11 is 0. The highest BCUT2D eigenvalue weighted by molar-refractivity contribution is 7.85. The van der Waals surface area contributed by atoms with E-state index >= 15 is 0 Å². The van der Waals surface area contributed by atoms with Crippen molar-refractivity contribution >= 4 is 21.9 Å².